The van der Waals surface area contributed by atoms with E-state index in [1.807, 2.05) is 19.1 Å². The van der Waals surface area contributed by atoms with Gasteiger partial charge in [-0.15, -0.1) is 0 Å². The van der Waals surface area contributed by atoms with Gasteiger partial charge in [0.2, 0.25) is 0 Å². The average Bonchev–Trinajstić information content (AvgIpc) is 2.39. The summed E-state index contributed by atoms with van der Waals surface area (Å²) in [6, 6.07) is 0. The van der Waals surface area contributed by atoms with Gasteiger partial charge in [0.25, 0.3) is 0 Å². The molecule has 6 heteroatoms. The van der Waals surface area contributed by atoms with E-state index < -0.39 is 5.60 Å². The van der Waals surface area contributed by atoms with E-state index >= 15 is 0 Å². The molecule has 0 aromatic carbocycles. The van der Waals surface area contributed by atoms with Crippen molar-refractivity contribution in [3.05, 3.63) is 35.3 Å². The number of hydrogen-bond acceptors (Lipinski definition) is 3. The van der Waals surface area contributed by atoms with Crippen LogP contribution in [0.25, 0.3) is 0 Å². The van der Waals surface area contributed by atoms with Gasteiger partial charge < -0.3 is 14.9 Å². The van der Waals surface area contributed by atoms with Gasteiger partial charge in [0.1, 0.15) is 0 Å². The van der Waals surface area contributed by atoms with Crippen molar-refractivity contribution in [2.45, 2.75) is 38.7 Å². The first kappa shape index (κ1) is 19.6. The summed E-state index contributed by atoms with van der Waals surface area (Å²) in [5, 5.41) is 21.9. The molecule has 1 unspecified atom stereocenters. The molecule has 0 saturated heterocycles. The van der Waals surface area contributed by atoms with Crippen molar-refractivity contribution in [2.24, 2.45) is 5.92 Å². The molecule has 2 aliphatic rings. The first-order valence-corrected chi connectivity index (χ1v) is 21.5. The van der Waals surface area contributed by atoms with Gasteiger partial charge in [-0.1, -0.05) is 30.7 Å². The Hall–Kier alpha value is 1.58. The quantitative estimate of drug-likeness (QED) is 0.373. The molecule has 0 aliphatic heterocycles. The second-order valence-electron chi connectivity index (χ2n) is 5.00. The molecule has 0 radical (unpaired) electrons. The normalized spacial score (nSPS) is 30.6. The zero-order valence-corrected chi connectivity index (χ0v) is 18.5. The third-order valence-electron chi connectivity index (χ3n) is 3.54. The standard InChI is InChI=1S/C14H20O3.2HI.Sm/c1-3-17-13(15)11-6-7-12-10(9-11)5-4-8-14(12,2)16;;;/h6-7,9,12,15-16H,3-5,8H2,1-2H3;2*1H;/q;;;+2/p-3/b13-11-;;;/t12?,14-;;;/m1.../s1. The summed E-state index contributed by atoms with van der Waals surface area (Å²) in [5.74, 6) is -0.227. The van der Waals surface area contributed by atoms with Gasteiger partial charge in [0.15, 0.2) is 0 Å². The fraction of sp³-hybridized carbons (Fsp3) is 0.571. The summed E-state index contributed by atoms with van der Waals surface area (Å²) in [6.07, 6.45) is 8.32. The zero-order chi connectivity index (χ0) is 15.2. The fourth-order valence-corrected chi connectivity index (χ4v) is 2.64. The maximum atomic E-state index is 11.6. The molecular formula is C14H19I2O3Sm-. The molecule has 2 aliphatic carbocycles. The Balaban J connectivity index is 0.000000612. The Bertz CT molecular complexity index is 417. The Labute approximate surface area is 153 Å². The van der Waals surface area contributed by atoms with E-state index in [4.69, 9.17) is 4.74 Å². The molecule has 1 saturated carbocycles. The van der Waals surface area contributed by atoms with Crippen LogP contribution >= 0.6 is 28.6 Å². The van der Waals surface area contributed by atoms with Crippen molar-refractivity contribution < 1.29 is 40.4 Å². The van der Waals surface area contributed by atoms with Crippen molar-refractivity contribution in [3.8, 4) is 0 Å². The summed E-state index contributed by atoms with van der Waals surface area (Å²) < 4.78 is 4.98. The molecule has 114 valence electrons. The van der Waals surface area contributed by atoms with Crippen molar-refractivity contribution in [1.29, 1.82) is 0 Å². The topological polar surface area (TPSA) is 52.5 Å². The van der Waals surface area contributed by atoms with Crippen LogP contribution in [0.2, 0.25) is 0 Å². The summed E-state index contributed by atoms with van der Waals surface area (Å²) in [7, 11) is 0. The molecule has 1 fully saturated rings. The number of ether oxygens (including phenoxy) is 1. The molecule has 0 spiro atoms. The molecule has 20 heavy (non-hydrogen) atoms. The second kappa shape index (κ2) is 9.66. The van der Waals surface area contributed by atoms with E-state index in [2.05, 4.69) is 28.6 Å². The van der Waals surface area contributed by atoms with E-state index in [0.717, 1.165) is 24.8 Å². The number of fused-ring (bicyclic) bond motifs is 1. The molecule has 0 bridgehead atoms. The Morgan fingerprint density at radius 3 is 2.85 bits per heavy atom. The molecule has 0 aromatic rings. The number of rotatable bonds is 2. The number of halogens is 2. The monoisotopic (exact) mass is 641 g/mol. The van der Waals surface area contributed by atoms with Crippen LogP contribution in [0.15, 0.2) is 35.3 Å². The fourth-order valence-electron chi connectivity index (χ4n) is 2.64. The van der Waals surface area contributed by atoms with E-state index in [0.29, 0.717) is 12.2 Å². The number of allylic oxidation sites excluding steroid dienone is 3. The van der Waals surface area contributed by atoms with Gasteiger partial charge in [-0.2, -0.15) is 0 Å². The van der Waals surface area contributed by atoms with Gasteiger partial charge in [0, 0.05) is 5.92 Å². The van der Waals surface area contributed by atoms with Crippen LogP contribution in [-0.2, 0) is 4.74 Å². The predicted molar refractivity (Wildman–Crippen MR) is 91.9 cm³/mol. The van der Waals surface area contributed by atoms with Crippen molar-refractivity contribution in [2.75, 3.05) is 6.61 Å². The summed E-state index contributed by atoms with van der Waals surface area (Å²) in [4.78, 5) is 0. The Kier molecular flexibility index (Phi) is 9.48. The molecular weight excluding hydrogens is 620 g/mol. The molecule has 0 aromatic heterocycles. The van der Waals surface area contributed by atoms with Crippen LogP contribution in [0, 0.1) is 31.4 Å². The van der Waals surface area contributed by atoms with Gasteiger partial charge in [0.05, 0.1) is 11.5 Å². The van der Waals surface area contributed by atoms with Gasteiger partial charge >= 0.3 is 54.0 Å². The number of aliphatic hydroxyl groups is 1. The van der Waals surface area contributed by atoms with Crippen LogP contribution in [0.5, 0.6) is 0 Å². The van der Waals surface area contributed by atoms with E-state index in [9.17, 15) is 10.2 Å². The molecule has 2 rings (SSSR count). The third kappa shape index (κ3) is 5.65. The average molecular weight is 639 g/mol. The van der Waals surface area contributed by atoms with Crippen LogP contribution in [-0.4, -0.2) is 17.3 Å². The molecule has 2 atom stereocenters. The summed E-state index contributed by atoms with van der Waals surface area (Å²) in [5.41, 5.74) is 1.06. The Morgan fingerprint density at radius 1 is 1.60 bits per heavy atom. The summed E-state index contributed by atoms with van der Waals surface area (Å²) in [6.45, 7) is 4.05. The van der Waals surface area contributed by atoms with Crippen molar-refractivity contribution in [1.82, 2.24) is 0 Å². The molecule has 3 nitrogen and oxygen atoms in total. The van der Waals surface area contributed by atoms with E-state index in [-0.39, 0.29) is 37.3 Å². The summed E-state index contributed by atoms with van der Waals surface area (Å²) >= 11 is 5.07. The Morgan fingerprint density at radius 2 is 2.25 bits per heavy atom. The predicted octanol–water partition coefficient (Wildman–Crippen LogP) is 3.41. The first-order chi connectivity index (χ1) is 9.46. The van der Waals surface area contributed by atoms with Gasteiger partial charge in [-0.3, -0.25) is 0 Å². The van der Waals surface area contributed by atoms with Gasteiger partial charge in [-0.05, 0) is 38.4 Å². The maximum absolute atomic E-state index is 11.6. The van der Waals surface area contributed by atoms with Crippen LogP contribution < -0.4 is 5.11 Å². The minimum absolute atomic E-state index is 0.0504. The van der Waals surface area contributed by atoms with E-state index in [1.165, 1.54) is 0 Å². The SMILES string of the molecule is CCO/C([O-])=C1/C=CC2C(=C1)CCC[C@@]2(C)O.[I][Sm][I]. The van der Waals surface area contributed by atoms with Crippen molar-refractivity contribution >= 4 is 28.6 Å². The molecule has 0 heterocycles. The van der Waals surface area contributed by atoms with Crippen molar-refractivity contribution in [3.63, 3.8) is 0 Å². The second-order valence-corrected chi connectivity index (χ2v) is 24.4. The molecule has 0 amide bonds. The molecule has 1 N–H and O–H groups in total. The number of hydrogen-bond donors (Lipinski definition) is 1. The van der Waals surface area contributed by atoms with Crippen LogP contribution in [0.1, 0.15) is 33.1 Å². The van der Waals surface area contributed by atoms with Gasteiger partial charge in [-0.25, -0.2) is 0 Å². The van der Waals surface area contributed by atoms with Crippen LogP contribution in [0.4, 0.5) is 0 Å². The minimum atomic E-state index is -0.680. The zero-order valence-electron chi connectivity index (χ0n) is 11.6. The van der Waals surface area contributed by atoms with Crippen LogP contribution in [0.3, 0.4) is 0 Å². The van der Waals surface area contributed by atoms with E-state index in [1.54, 1.807) is 13.0 Å². The third-order valence-corrected chi connectivity index (χ3v) is 3.54. The first-order valence-electron chi connectivity index (χ1n) is 6.50.